The Morgan fingerprint density at radius 3 is 2.85 bits per heavy atom. The van der Waals surface area contributed by atoms with Crippen LogP contribution in [0.2, 0.25) is 0 Å². The van der Waals surface area contributed by atoms with Gasteiger partial charge in [0.25, 0.3) is 0 Å². The Hall–Kier alpha value is -0.740. The minimum Gasteiger partial charge on any atom is -0.463 e. The molecule has 0 fully saturated rings. The highest BCUT2D eigenvalue weighted by Crippen LogP contribution is 1.94. The summed E-state index contributed by atoms with van der Waals surface area (Å²) in [5.74, 6) is -0.234. The SMILES string of the molecule is CCOC(=O)/C=C(/CCl)NCCO. The maximum absolute atomic E-state index is 10.9. The van der Waals surface area contributed by atoms with Crippen molar-refractivity contribution < 1.29 is 14.6 Å². The second-order valence-electron chi connectivity index (χ2n) is 2.21. The molecule has 0 rings (SSSR count). The summed E-state index contributed by atoms with van der Waals surface area (Å²) < 4.78 is 4.68. The van der Waals surface area contributed by atoms with E-state index in [1.807, 2.05) is 0 Å². The van der Waals surface area contributed by atoms with Crippen LogP contribution in [0.1, 0.15) is 6.92 Å². The number of halogens is 1. The van der Waals surface area contributed by atoms with Crippen molar-refractivity contribution in [2.45, 2.75) is 6.92 Å². The summed E-state index contributed by atoms with van der Waals surface area (Å²) in [6.07, 6.45) is 1.28. The smallest absolute Gasteiger partial charge is 0.332 e. The van der Waals surface area contributed by atoms with Crippen LogP contribution in [-0.4, -0.2) is 36.7 Å². The first-order valence-electron chi connectivity index (χ1n) is 4.02. The van der Waals surface area contributed by atoms with Crippen LogP contribution >= 0.6 is 11.6 Å². The third-order valence-corrected chi connectivity index (χ3v) is 1.47. The number of aliphatic hydroxyl groups excluding tert-OH is 1. The molecule has 0 aromatic heterocycles. The van der Waals surface area contributed by atoms with Crippen molar-refractivity contribution >= 4 is 17.6 Å². The van der Waals surface area contributed by atoms with Gasteiger partial charge in [0.2, 0.25) is 0 Å². The molecule has 0 amide bonds. The van der Waals surface area contributed by atoms with Crippen LogP contribution in [0.3, 0.4) is 0 Å². The van der Waals surface area contributed by atoms with Gasteiger partial charge < -0.3 is 15.2 Å². The maximum Gasteiger partial charge on any atom is 0.332 e. The fraction of sp³-hybridized carbons (Fsp3) is 0.625. The molecule has 0 atom stereocenters. The van der Waals surface area contributed by atoms with E-state index in [0.717, 1.165) is 0 Å². The van der Waals surface area contributed by atoms with Gasteiger partial charge in [0.05, 0.1) is 19.1 Å². The number of hydrogen-bond donors (Lipinski definition) is 2. The lowest BCUT2D eigenvalue weighted by Gasteiger charge is -2.05. The van der Waals surface area contributed by atoms with E-state index < -0.39 is 5.97 Å². The third kappa shape index (κ3) is 6.42. The Kier molecular flexibility index (Phi) is 7.44. The van der Waals surface area contributed by atoms with Gasteiger partial charge in [0.15, 0.2) is 0 Å². The Balaban J connectivity index is 3.96. The Labute approximate surface area is 82.5 Å². The summed E-state index contributed by atoms with van der Waals surface area (Å²) in [5.41, 5.74) is 0.550. The molecular formula is C8H14ClNO3. The molecule has 0 radical (unpaired) electrons. The van der Waals surface area contributed by atoms with Gasteiger partial charge in [-0.25, -0.2) is 4.79 Å². The van der Waals surface area contributed by atoms with Gasteiger partial charge in [-0.3, -0.25) is 0 Å². The number of aliphatic hydroxyl groups is 1. The largest absolute Gasteiger partial charge is 0.463 e. The van der Waals surface area contributed by atoms with Gasteiger partial charge in [-0.15, -0.1) is 11.6 Å². The summed E-state index contributed by atoms with van der Waals surface area (Å²) in [6, 6.07) is 0. The van der Waals surface area contributed by atoms with Crippen LogP contribution in [0.5, 0.6) is 0 Å². The summed E-state index contributed by atoms with van der Waals surface area (Å²) in [6.45, 7) is 2.44. The van der Waals surface area contributed by atoms with Crippen molar-refractivity contribution in [3.05, 3.63) is 11.8 Å². The van der Waals surface area contributed by atoms with E-state index >= 15 is 0 Å². The summed E-state index contributed by atoms with van der Waals surface area (Å²) in [4.78, 5) is 10.9. The zero-order valence-corrected chi connectivity index (χ0v) is 8.30. The van der Waals surface area contributed by atoms with E-state index in [9.17, 15) is 4.79 Å². The molecule has 0 unspecified atom stereocenters. The standard InChI is InChI=1S/C8H14ClNO3/c1-2-13-8(12)5-7(6-9)10-3-4-11/h5,10-11H,2-4,6H2,1H3/b7-5-. The van der Waals surface area contributed by atoms with Gasteiger partial charge in [-0.2, -0.15) is 0 Å². The predicted octanol–water partition coefficient (Wildman–Crippen LogP) is 0.254. The quantitative estimate of drug-likeness (QED) is 0.373. The number of carbonyl (C=O) groups is 1. The highest BCUT2D eigenvalue weighted by Gasteiger charge is 2.00. The van der Waals surface area contributed by atoms with Gasteiger partial charge in [0, 0.05) is 18.3 Å². The second-order valence-corrected chi connectivity index (χ2v) is 2.47. The lowest BCUT2D eigenvalue weighted by Crippen LogP contribution is -2.20. The number of allylic oxidation sites excluding steroid dienone is 1. The Morgan fingerprint density at radius 2 is 2.38 bits per heavy atom. The van der Waals surface area contributed by atoms with Gasteiger partial charge in [-0.05, 0) is 6.92 Å². The normalized spacial score (nSPS) is 11.2. The Morgan fingerprint density at radius 1 is 1.69 bits per heavy atom. The zero-order valence-electron chi connectivity index (χ0n) is 7.55. The van der Waals surface area contributed by atoms with E-state index in [2.05, 4.69) is 10.1 Å². The molecule has 0 aliphatic carbocycles. The van der Waals surface area contributed by atoms with Gasteiger partial charge in [0.1, 0.15) is 0 Å². The summed E-state index contributed by atoms with van der Waals surface area (Å²) in [7, 11) is 0. The van der Waals surface area contributed by atoms with Crippen LogP contribution in [0, 0.1) is 0 Å². The molecule has 0 aromatic carbocycles. The van der Waals surface area contributed by atoms with E-state index in [0.29, 0.717) is 18.8 Å². The lowest BCUT2D eigenvalue weighted by atomic mass is 10.4. The van der Waals surface area contributed by atoms with Crippen molar-refractivity contribution in [2.75, 3.05) is 25.6 Å². The lowest BCUT2D eigenvalue weighted by molar-refractivity contribution is -0.137. The van der Waals surface area contributed by atoms with Crippen molar-refractivity contribution in [3.63, 3.8) is 0 Å². The second kappa shape index (κ2) is 7.89. The molecular weight excluding hydrogens is 194 g/mol. The molecule has 0 saturated carbocycles. The molecule has 0 bridgehead atoms. The van der Waals surface area contributed by atoms with E-state index in [1.54, 1.807) is 6.92 Å². The maximum atomic E-state index is 10.9. The molecule has 0 aliphatic rings. The molecule has 0 heterocycles. The van der Waals surface area contributed by atoms with Crippen molar-refractivity contribution in [1.82, 2.24) is 5.32 Å². The van der Waals surface area contributed by atoms with E-state index in [4.69, 9.17) is 16.7 Å². The molecule has 76 valence electrons. The summed E-state index contributed by atoms with van der Waals surface area (Å²) >= 11 is 5.53. The van der Waals surface area contributed by atoms with Crippen LogP contribution < -0.4 is 5.32 Å². The van der Waals surface area contributed by atoms with Gasteiger partial charge >= 0.3 is 5.97 Å². The first-order chi connectivity index (χ1) is 6.24. The first-order valence-corrected chi connectivity index (χ1v) is 4.56. The molecule has 0 saturated heterocycles. The molecule has 13 heavy (non-hydrogen) atoms. The predicted molar refractivity (Wildman–Crippen MR) is 50.5 cm³/mol. The molecule has 4 nitrogen and oxygen atoms in total. The van der Waals surface area contributed by atoms with Crippen LogP contribution in [0.25, 0.3) is 0 Å². The molecule has 0 aliphatic heterocycles. The monoisotopic (exact) mass is 207 g/mol. The fourth-order valence-corrected chi connectivity index (χ4v) is 0.851. The van der Waals surface area contributed by atoms with Crippen molar-refractivity contribution in [2.24, 2.45) is 0 Å². The number of rotatable bonds is 6. The minimum absolute atomic E-state index is 0.00292. The number of nitrogens with one attached hydrogen (secondary N) is 1. The fourth-order valence-electron chi connectivity index (χ4n) is 0.679. The molecule has 0 spiro atoms. The molecule has 2 N–H and O–H groups in total. The van der Waals surface area contributed by atoms with Crippen LogP contribution in [-0.2, 0) is 9.53 Å². The number of hydrogen-bond acceptors (Lipinski definition) is 4. The average molecular weight is 208 g/mol. The Bertz CT molecular complexity index is 182. The van der Waals surface area contributed by atoms with Crippen molar-refractivity contribution in [3.8, 4) is 0 Å². The first kappa shape index (κ1) is 12.3. The van der Waals surface area contributed by atoms with Crippen LogP contribution in [0.4, 0.5) is 0 Å². The third-order valence-electron chi connectivity index (χ3n) is 1.19. The van der Waals surface area contributed by atoms with E-state index in [1.165, 1.54) is 6.08 Å². The molecule has 0 aromatic rings. The van der Waals surface area contributed by atoms with Crippen molar-refractivity contribution in [1.29, 1.82) is 0 Å². The average Bonchev–Trinajstić information content (AvgIpc) is 2.12. The van der Waals surface area contributed by atoms with Crippen LogP contribution in [0.15, 0.2) is 11.8 Å². The number of ether oxygens (including phenoxy) is 1. The van der Waals surface area contributed by atoms with E-state index in [-0.39, 0.29) is 12.5 Å². The minimum atomic E-state index is -0.427. The zero-order chi connectivity index (χ0) is 10.1. The molecule has 5 heteroatoms. The highest BCUT2D eigenvalue weighted by atomic mass is 35.5. The topological polar surface area (TPSA) is 58.6 Å². The van der Waals surface area contributed by atoms with Gasteiger partial charge in [-0.1, -0.05) is 0 Å². The summed E-state index contributed by atoms with van der Waals surface area (Å²) in [5, 5.41) is 11.3. The number of carbonyl (C=O) groups excluding carboxylic acids is 1. The highest BCUT2D eigenvalue weighted by molar-refractivity contribution is 6.19. The number of alkyl halides is 1. The number of esters is 1.